The zero-order valence-corrected chi connectivity index (χ0v) is 13.8. The fourth-order valence-electron chi connectivity index (χ4n) is 1.85. The van der Waals surface area contributed by atoms with Gasteiger partial charge in [0.2, 0.25) is 0 Å². The Labute approximate surface area is 123 Å². The van der Waals surface area contributed by atoms with E-state index >= 15 is 0 Å². The van der Waals surface area contributed by atoms with E-state index < -0.39 is 11.7 Å². The van der Waals surface area contributed by atoms with Crippen molar-refractivity contribution in [1.82, 2.24) is 5.32 Å². The second kappa shape index (κ2) is 8.08. The van der Waals surface area contributed by atoms with E-state index in [1.54, 1.807) is 0 Å². The van der Waals surface area contributed by atoms with Gasteiger partial charge in [0.25, 0.3) is 0 Å². The molecule has 0 heterocycles. The van der Waals surface area contributed by atoms with Crippen molar-refractivity contribution >= 4 is 12.4 Å². The molecule has 4 heteroatoms. The third-order valence-corrected chi connectivity index (χ3v) is 2.69. The van der Waals surface area contributed by atoms with Crippen LogP contribution in [0.1, 0.15) is 54.9 Å². The zero-order chi connectivity index (χ0) is 15.9. The van der Waals surface area contributed by atoms with Crippen molar-refractivity contribution in [2.24, 2.45) is 11.8 Å². The highest BCUT2D eigenvalue weighted by atomic mass is 16.6. The van der Waals surface area contributed by atoms with E-state index in [9.17, 15) is 9.59 Å². The van der Waals surface area contributed by atoms with E-state index in [0.717, 1.165) is 18.3 Å². The summed E-state index contributed by atoms with van der Waals surface area (Å²) in [6.07, 6.45) is 3.17. The second-order valence-electron chi connectivity index (χ2n) is 6.73. The van der Waals surface area contributed by atoms with Crippen LogP contribution in [-0.4, -0.2) is 24.0 Å². The first-order valence-corrected chi connectivity index (χ1v) is 7.18. The summed E-state index contributed by atoms with van der Waals surface area (Å²) >= 11 is 0. The van der Waals surface area contributed by atoms with Gasteiger partial charge in [0.05, 0.1) is 6.04 Å². The van der Waals surface area contributed by atoms with Crippen molar-refractivity contribution in [3.63, 3.8) is 0 Å². The van der Waals surface area contributed by atoms with Crippen molar-refractivity contribution in [3.8, 4) is 0 Å². The molecule has 0 bridgehead atoms. The fraction of sp³-hybridized carbons (Fsp3) is 0.750. The molecule has 0 aromatic carbocycles. The lowest BCUT2D eigenvalue weighted by atomic mass is 9.95. The van der Waals surface area contributed by atoms with Crippen LogP contribution in [-0.2, 0) is 9.53 Å². The third kappa shape index (κ3) is 8.73. The van der Waals surface area contributed by atoms with Gasteiger partial charge in [0.1, 0.15) is 11.9 Å². The van der Waals surface area contributed by atoms with E-state index in [0.29, 0.717) is 5.92 Å². The first kappa shape index (κ1) is 18.7. The predicted octanol–water partition coefficient (Wildman–Crippen LogP) is 3.71. The highest BCUT2D eigenvalue weighted by molar-refractivity contribution is 5.68. The summed E-state index contributed by atoms with van der Waals surface area (Å²) in [6, 6.07) is -0.104. The minimum absolute atomic E-state index is 0.104. The molecule has 1 N–H and O–H groups in total. The molecule has 2 atom stereocenters. The number of aldehydes is 1. The number of hydrogen-bond donors (Lipinski definition) is 1. The first-order valence-electron chi connectivity index (χ1n) is 7.18. The monoisotopic (exact) mass is 283 g/mol. The average molecular weight is 283 g/mol. The van der Waals surface area contributed by atoms with E-state index in [-0.39, 0.29) is 12.0 Å². The number of carbonyl (C=O) groups is 2. The van der Waals surface area contributed by atoms with Crippen molar-refractivity contribution in [3.05, 3.63) is 11.6 Å². The molecule has 0 spiro atoms. The number of rotatable bonds is 6. The van der Waals surface area contributed by atoms with Gasteiger partial charge in [-0.2, -0.15) is 0 Å². The van der Waals surface area contributed by atoms with E-state index in [2.05, 4.69) is 19.2 Å². The molecule has 0 fully saturated rings. The lowest BCUT2D eigenvalue weighted by molar-refractivity contribution is -0.109. The van der Waals surface area contributed by atoms with Gasteiger partial charge < -0.3 is 14.8 Å². The highest BCUT2D eigenvalue weighted by Crippen LogP contribution is 2.15. The predicted molar refractivity (Wildman–Crippen MR) is 81.6 cm³/mol. The van der Waals surface area contributed by atoms with Gasteiger partial charge in [-0.15, -0.1) is 0 Å². The van der Waals surface area contributed by atoms with Gasteiger partial charge in [-0.3, -0.25) is 0 Å². The Morgan fingerprint density at radius 3 is 2.20 bits per heavy atom. The standard InChI is InChI=1S/C16H29NO3/c1-11(2)8-14(13(4)9-12(3)10-18)17-15(19)20-16(5,6)7/h9-12,14H,8H2,1-7H3,(H,17,19)/b13-9+/t12-,14-/m0/s1. The van der Waals surface area contributed by atoms with Crippen molar-refractivity contribution in [2.75, 3.05) is 0 Å². The summed E-state index contributed by atoms with van der Waals surface area (Å²) < 4.78 is 5.28. The van der Waals surface area contributed by atoms with Crippen LogP contribution in [0.4, 0.5) is 4.79 Å². The van der Waals surface area contributed by atoms with Crippen LogP contribution < -0.4 is 5.32 Å². The highest BCUT2D eigenvalue weighted by Gasteiger charge is 2.21. The summed E-state index contributed by atoms with van der Waals surface area (Å²) in [5.74, 6) is 0.287. The SMILES string of the molecule is C/C(=C\[C@H](C)C=O)[C@H](CC(C)C)NC(=O)OC(C)(C)C. The minimum atomic E-state index is -0.514. The quantitative estimate of drug-likeness (QED) is 0.597. The maximum atomic E-state index is 11.9. The molecule has 0 saturated heterocycles. The maximum absolute atomic E-state index is 11.9. The largest absolute Gasteiger partial charge is 0.444 e. The molecule has 0 saturated carbocycles. The Morgan fingerprint density at radius 1 is 1.25 bits per heavy atom. The topological polar surface area (TPSA) is 55.4 Å². The van der Waals surface area contributed by atoms with Crippen molar-refractivity contribution < 1.29 is 14.3 Å². The van der Waals surface area contributed by atoms with Crippen molar-refractivity contribution in [2.45, 2.75) is 66.5 Å². The molecule has 0 rings (SSSR count). The molecule has 20 heavy (non-hydrogen) atoms. The number of allylic oxidation sites excluding steroid dienone is 1. The second-order valence-corrected chi connectivity index (χ2v) is 6.73. The smallest absolute Gasteiger partial charge is 0.408 e. The Morgan fingerprint density at radius 2 is 1.80 bits per heavy atom. The first-order chi connectivity index (χ1) is 9.05. The lowest BCUT2D eigenvalue weighted by Gasteiger charge is -2.25. The number of hydrogen-bond acceptors (Lipinski definition) is 3. The van der Waals surface area contributed by atoms with Gasteiger partial charge in [0, 0.05) is 5.92 Å². The molecule has 0 radical (unpaired) electrons. The van der Waals surface area contributed by atoms with Crippen LogP contribution in [0.2, 0.25) is 0 Å². The Kier molecular flexibility index (Phi) is 7.54. The fourth-order valence-corrected chi connectivity index (χ4v) is 1.85. The summed E-state index contributed by atoms with van der Waals surface area (Å²) in [7, 11) is 0. The Bertz CT molecular complexity index is 353. The molecule has 1 amide bonds. The minimum Gasteiger partial charge on any atom is -0.444 e. The summed E-state index contributed by atoms with van der Waals surface area (Å²) in [5.41, 5.74) is 0.476. The normalized spacial score (nSPS) is 15.7. The summed E-state index contributed by atoms with van der Waals surface area (Å²) in [5, 5.41) is 2.89. The van der Waals surface area contributed by atoms with Gasteiger partial charge in [-0.25, -0.2) is 4.79 Å². The molecule has 0 unspecified atom stereocenters. The number of nitrogens with one attached hydrogen (secondary N) is 1. The molecule has 0 aromatic rings. The van der Waals surface area contributed by atoms with Crippen LogP contribution in [0.3, 0.4) is 0 Å². The molecular formula is C16H29NO3. The number of alkyl carbamates (subject to hydrolysis) is 1. The summed E-state index contributed by atoms with van der Waals surface area (Å²) in [4.78, 5) is 22.6. The number of ether oxygens (including phenoxy) is 1. The van der Waals surface area contributed by atoms with Gasteiger partial charge in [-0.05, 0) is 40.0 Å². The molecule has 4 nitrogen and oxygen atoms in total. The maximum Gasteiger partial charge on any atom is 0.408 e. The molecule has 0 aliphatic rings. The number of amides is 1. The van der Waals surface area contributed by atoms with E-state index in [4.69, 9.17) is 4.74 Å². The number of carbonyl (C=O) groups excluding carboxylic acids is 2. The van der Waals surface area contributed by atoms with Gasteiger partial charge >= 0.3 is 6.09 Å². The molecule has 116 valence electrons. The molecular weight excluding hydrogens is 254 g/mol. The Hall–Kier alpha value is -1.32. The molecule has 0 aromatic heterocycles. The van der Waals surface area contributed by atoms with Gasteiger partial charge in [0.15, 0.2) is 0 Å². The molecule has 0 aliphatic heterocycles. The summed E-state index contributed by atoms with van der Waals surface area (Å²) in [6.45, 7) is 13.5. The zero-order valence-electron chi connectivity index (χ0n) is 13.8. The lowest BCUT2D eigenvalue weighted by Crippen LogP contribution is -2.40. The van der Waals surface area contributed by atoms with Crippen LogP contribution in [0.15, 0.2) is 11.6 Å². The molecule has 0 aliphatic carbocycles. The average Bonchev–Trinajstić information content (AvgIpc) is 2.24. The Balaban J connectivity index is 4.85. The van der Waals surface area contributed by atoms with Crippen LogP contribution in [0.5, 0.6) is 0 Å². The van der Waals surface area contributed by atoms with Crippen LogP contribution >= 0.6 is 0 Å². The van der Waals surface area contributed by atoms with E-state index in [1.165, 1.54) is 0 Å². The third-order valence-electron chi connectivity index (χ3n) is 2.69. The van der Waals surface area contributed by atoms with Crippen LogP contribution in [0.25, 0.3) is 0 Å². The van der Waals surface area contributed by atoms with Gasteiger partial charge in [-0.1, -0.05) is 32.4 Å². The van der Waals surface area contributed by atoms with Crippen molar-refractivity contribution in [1.29, 1.82) is 0 Å². The van der Waals surface area contributed by atoms with E-state index in [1.807, 2.05) is 40.7 Å². The van der Waals surface area contributed by atoms with Crippen LogP contribution in [0, 0.1) is 11.8 Å².